The Bertz CT molecular complexity index is 601. The highest BCUT2D eigenvalue weighted by Gasteiger charge is 2.77. The molecular formula is C24H38O2. The average molecular weight is 359 g/mol. The van der Waals surface area contributed by atoms with Gasteiger partial charge in [-0.15, -0.1) is 0 Å². The average Bonchev–Trinajstić information content (AvgIpc) is 3.12. The van der Waals surface area contributed by atoms with Crippen LogP contribution in [0.5, 0.6) is 0 Å². The van der Waals surface area contributed by atoms with Gasteiger partial charge in [0, 0.05) is 18.9 Å². The Kier molecular flexibility index (Phi) is 3.80. The maximum absolute atomic E-state index is 11.1. The van der Waals surface area contributed by atoms with E-state index in [0.717, 1.165) is 42.3 Å². The van der Waals surface area contributed by atoms with E-state index in [1.807, 2.05) is 7.11 Å². The Morgan fingerprint density at radius 1 is 1.12 bits per heavy atom. The highest BCUT2D eigenvalue weighted by Crippen LogP contribution is 2.82. The summed E-state index contributed by atoms with van der Waals surface area (Å²) < 4.78 is 6.21. The highest BCUT2D eigenvalue weighted by atomic mass is 16.5. The van der Waals surface area contributed by atoms with Gasteiger partial charge >= 0.3 is 0 Å². The first-order valence-corrected chi connectivity index (χ1v) is 11.4. The van der Waals surface area contributed by atoms with Gasteiger partial charge < -0.3 is 9.53 Å². The molecule has 5 fully saturated rings. The lowest BCUT2D eigenvalue weighted by atomic mass is 9.45. The van der Waals surface area contributed by atoms with Crippen LogP contribution in [0.2, 0.25) is 0 Å². The number of aldehydes is 1. The van der Waals surface area contributed by atoms with Gasteiger partial charge in [-0.05, 0) is 97.7 Å². The van der Waals surface area contributed by atoms with Crippen LogP contribution >= 0.6 is 0 Å². The van der Waals surface area contributed by atoms with E-state index in [0.29, 0.717) is 28.3 Å². The first kappa shape index (κ1) is 17.7. The lowest BCUT2D eigenvalue weighted by Gasteiger charge is -2.61. The summed E-state index contributed by atoms with van der Waals surface area (Å²) >= 11 is 0. The first-order chi connectivity index (χ1) is 12.4. The second kappa shape index (κ2) is 5.58. The van der Waals surface area contributed by atoms with Crippen LogP contribution in [-0.4, -0.2) is 19.5 Å². The van der Waals surface area contributed by atoms with Gasteiger partial charge in [-0.2, -0.15) is 0 Å². The van der Waals surface area contributed by atoms with Crippen molar-refractivity contribution < 1.29 is 9.53 Å². The van der Waals surface area contributed by atoms with Crippen LogP contribution in [0.25, 0.3) is 0 Å². The van der Waals surface area contributed by atoms with Crippen molar-refractivity contribution in [2.45, 2.75) is 84.7 Å². The third-order valence-electron chi connectivity index (χ3n) is 11.1. The molecule has 0 unspecified atom stereocenters. The molecule has 0 aromatic heterocycles. The minimum Gasteiger partial charge on any atom is -0.381 e. The zero-order chi connectivity index (χ0) is 18.3. The predicted octanol–water partition coefficient (Wildman–Crippen LogP) is 5.50. The number of carbonyl (C=O) groups excluding carboxylic acids is 1. The zero-order valence-corrected chi connectivity index (χ0v) is 17.3. The molecule has 1 spiro atoms. The van der Waals surface area contributed by atoms with Gasteiger partial charge in [-0.1, -0.05) is 20.8 Å². The van der Waals surface area contributed by atoms with Gasteiger partial charge in [-0.25, -0.2) is 0 Å². The molecule has 0 radical (unpaired) electrons. The fourth-order valence-electron chi connectivity index (χ4n) is 9.87. The molecule has 5 saturated carbocycles. The van der Waals surface area contributed by atoms with Gasteiger partial charge in [0.15, 0.2) is 0 Å². The highest BCUT2D eigenvalue weighted by molar-refractivity contribution is 5.49. The number of rotatable bonds is 4. The molecule has 0 amide bonds. The van der Waals surface area contributed by atoms with Crippen LogP contribution in [-0.2, 0) is 9.53 Å². The molecule has 0 aromatic rings. The zero-order valence-electron chi connectivity index (χ0n) is 17.3. The number of hydrogen-bond donors (Lipinski definition) is 0. The summed E-state index contributed by atoms with van der Waals surface area (Å²) in [4.78, 5) is 11.1. The monoisotopic (exact) mass is 358 g/mol. The van der Waals surface area contributed by atoms with Crippen molar-refractivity contribution in [1.82, 2.24) is 0 Å². The van der Waals surface area contributed by atoms with Gasteiger partial charge in [-0.3, -0.25) is 0 Å². The van der Waals surface area contributed by atoms with Crippen LogP contribution in [0, 0.1) is 51.8 Å². The van der Waals surface area contributed by atoms with E-state index >= 15 is 0 Å². The van der Waals surface area contributed by atoms with Crippen molar-refractivity contribution in [3.8, 4) is 0 Å². The number of methoxy groups -OCH3 is 1. The topological polar surface area (TPSA) is 26.3 Å². The number of carbonyl (C=O) groups is 1. The van der Waals surface area contributed by atoms with Crippen molar-refractivity contribution in [3.63, 3.8) is 0 Å². The van der Waals surface area contributed by atoms with Crippen LogP contribution in [0.3, 0.4) is 0 Å². The Morgan fingerprint density at radius 3 is 2.62 bits per heavy atom. The third kappa shape index (κ3) is 1.91. The molecule has 0 aliphatic heterocycles. The van der Waals surface area contributed by atoms with Crippen molar-refractivity contribution in [3.05, 3.63) is 0 Å². The predicted molar refractivity (Wildman–Crippen MR) is 104 cm³/mol. The first-order valence-electron chi connectivity index (χ1n) is 11.4. The summed E-state index contributed by atoms with van der Waals surface area (Å²) in [5.74, 6) is 4.94. The lowest BCUT2D eigenvalue weighted by Crippen LogP contribution is -2.57. The minimum absolute atomic E-state index is 0.463. The van der Waals surface area contributed by atoms with E-state index in [2.05, 4.69) is 20.8 Å². The third-order valence-corrected chi connectivity index (χ3v) is 11.1. The van der Waals surface area contributed by atoms with Gasteiger partial charge in [0.05, 0.1) is 6.10 Å². The van der Waals surface area contributed by atoms with Crippen molar-refractivity contribution in [2.75, 3.05) is 7.11 Å². The molecule has 146 valence electrons. The summed E-state index contributed by atoms with van der Waals surface area (Å²) in [6.45, 7) is 7.59. The van der Waals surface area contributed by atoms with E-state index in [1.54, 1.807) is 0 Å². The van der Waals surface area contributed by atoms with Crippen molar-refractivity contribution in [1.29, 1.82) is 0 Å². The van der Waals surface area contributed by atoms with Crippen LogP contribution in [0.4, 0.5) is 0 Å². The summed E-state index contributed by atoms with van der Waals surface area (Å²) in [7, 11) is 1.99. The Balaban J connectivity index is 1.47. The van der Waals surface area contributed by atoms with E-state index in [1.165, 1.54) is 51.4 Å². The summed E-state index contributed by atoms with van der Waals surface area (Å²) in [6, 6.07) is 0. The molecule has 0 saturated heterocycles. The van der Waals surface area contributed by atoms with E-state index in [9.17, 15) is 4.79 Å². The summed E-state index contributed by atoms with van der Waals surface area (Å²) in [5, 5.41) is 0. The van der Waals surface area contributed by atoms with Crippen LogP contribution < -0.4 is 0 Å². The molecule has 0 heterocycles. The van der Waals surface area contributed by atoms with Crippen molar-refractivity contribution in [2.24, 2.45) is 51.8 Å². The van der Waals surface area contributed by atoms with Gasteiger partial charge in [0.25, 0.3) is 0 Å². The largest absolute Gasteiger partial charge is 0.381 e. The molecule has 26 heavy (non-hydrogen) atoms. The Morgan fingerprint density at radius 2 is 1.92 bits per heavy atom. The summed E-state index contributed by atoms with van der Waals surface area (Å²) in [6.07, 6.45) is 13.7. The molecule has 5 aliphatic rings. The summed E-state index contributed by atoms with van der Waals surface area (Å²) in [5.41, 5.74) is 1.54. The number of ether oxygens (including phenoxy) is 1. The molecule has 0 N–H and O–H groups in total. The minimum atomic E-state index is 0.463. The van der Waals surface area contributed by atoms with Crippen LogP contribution in [0.1, 0.15) is 78.6 Å². The second-order valence-corrected chi connectivity index (χ2v) is 11.3. The smallest absolute Gasteiger partial charge is 0.120 e. The standard InChI is InChI=1S/C24H38O2/c1-15(9-12-25)18-5-6-19-17-13-21(26-4)24-14-16(24)7-11-23(24,3)20(17)8-10-22(18,19)2/h12,15-21H,5-11,13-14H2,1-4H3/t15-,16-,17+,18-,19+,20+,21-,22-,23-,24+/m1/s1. The fourth-order valence-corrected chi connectivity index (χ4v) is 9.87. The van der Waals surface area contributed by atoms with Crippen LogP contribution in [0.15, 0.2) is 0 Å². The molecule has 10 atom stereocenters. The fraction of sp³-hybridized carbons (Fsp3) is 0.958. The molecule has 0 aromatic carbocycles. The quantitative estimate of drug-likeness (QED) is 0.621. The number of fused-ring (bicyclic) bond motifs is 4. The molecule has 0 bridgehead atoms. The van der Waals surface area contributed by atoms with E-state index in [-0.39, 0.29) is 0 Å². The SMILES string of the molecule is CO[C@@H]1C[C@H]2[C@@H]3CC[C@H]([C@H](C)CC=O)[C@@]3(C)CC[C@@H]2[C@@]2(C)CC[C@@H]3C[C@]312. The maximum Gasteiger partial charge on any atom is 0.120 e. The van der Waals surface area contributed by atoms with Gasteiger partial charge in [0.1, 0.15) is 6.29 Å². The van der Waals surface area contributed by atoms with Gasteiger partial charge in [0.2, 0.25) is 0 Å². The molecule has 2 heteroatoms. The number of hydrogen-bond acceptors (Lipinski definition) is 2. The Hall–Kier alpha value is -0.370. The normalized spacial score (nSPS) is 58.3. The van der Waals surface area contributed by atoms with E-state index < -0.39 is 0 Å². The second-order valence-electron chi connectivity index (χ2n) is 11.3. The van der Waals surface area contributed by atoms with E-state index in [4.69, 9.17) is 4.74 Å². The molecular weight excluding hydrogens is 320 g/mol. The maximum atomic E-state index is 11.1. The van der Waals surface area contributed by atoms with Crippen molar-refractivity contribution >= 4 is 6.29 Å². The molecule has 2 nitrogen and oxygen atoms in total. The Labute approximate surface area is 159 Å². The lowest BCUT2D eigenvalue weighted by molar-refractivity contribution is -0.161. The molecule has 5 rings (SSSR count). The molecule has 5 aliphatic carbocycles.